The standard InChI is InChI=1S/C47H34N2O4/c50-42(51)17-19-46(36-23-30-11-3-1-9-28(30)21-34(36)44-38(46)25-32-13-5-7-15-40(32)48-44)27-47(20-18-43(52)53)37-24-31-12-4-2-10-29(31)22-35(37)45-39(47)26-33-14-6-8-16-41(33)49-45/h1-16,21-26H,17-20,27H2,(H,50,51)(H,52,53). The highest BCUT2D eigenvalue weighted by atomic mass is 16.4. The zero-order valence-corrected chi connectivity index (χ0v) is 28.8. The molecule has 2 unspecified atom stereocenters. The first kappa shape index (κ1) is 31.3. The molecule has 6 nitrogen and oxygen atoms in total. The minimum Gasteiger partial charge on any atom is -0.481 e. The third kappa shape index (κ3) is 4.71. The van der Waals surface area contributed by atoms with Crippen molar-refractivity contribution in [3.63, 3.8) is 0 Å². The number of pyridine rings is 2. The SMILES string of the molecule is O=C(O)CCC1(CC2(CCC(=O)O)c3cc4ccccc4cc3-c3nc4ccccc4cc32)c2cc3ccccc3cc2-c2nc3ccccc3cc21. The Bertz CT molecular complexity index is 2490. The topological polar surface area (TPSA) is 100 Å². The molecule has 2 heterocycles. The monoisotopic (exact) mass is 690 g/mol. The van der Waals surface area contributed by atoms with E-state index in [9.17, 15) is 19.8 Å². The lowest BCUT2D eigenvalue weighted by Gasteiger charge is -2.42. The minimum atomic E-state index is -0.876. The van der Waals surface area contributed by atoms with Gasteiger partial charge in [-0.25, -0.2) is 9.97 Å². The highest BCUT2D eigenvalue weighted by Crippen LogP contribution is 2.63. The van der Waals surface area contributed by atoms with E-state index in [4.69, 9.17) is 9.97 Å². The summed E-state index contributed by atoms with van der Waals surface area (Å²) in [6.45, 7) is 0. The number of hydrogen-bond donors (Lipinski definition) is 2. The highest BCUT2D eigenvalue weighted by molar-refractivity contribution is 5.98. The van der Waals surface area contributed by atoms with E-state index in [1.165, 1.54) is 0 Å². The first-order valence-electron chi connectivity index (χ1n) is 18.1. The normalized spacial score (nSPS) is 18.3. The Balaban J connectivity index is 1.33. The Kier molecular flexibility index (Phi) is 6.83. The average molecular weight is 691 g/mol. The molecule has 0 aliphatic heterocycles. The van der Waals surface area contributed by atoms with E-state index >= 15 is 0 Å². The van der Waals surface area contributed by atoms with Crippen molar-refractivity contribution in [1.29, 1.82) is 0 Å². The van der Waals surface area contributed by atoms with E-state index in [0.29, 0.717) is 19.3 Å². The number of aromatic nitrogens is 2. The van der Waals surface area contributed by atoms with Crippen LogP contribution in [-0.2, 0) is 20.4 Å². The summed E-state index contributed by atoms with van der Waals surface area (Å²) in [5, 5.41) is 27.0. The van der Waals surface area contributed by atoms with Gasteiger partial charge in [0.1, 0.15) is 0 Å². The lowest BCUT2D eigenvalue weighted by Crippen LogP contribution is -2.38. The first-order valence-corrected chi connectivity index (χ1v) is 18.1. The molecule has 2 aliphatic rings. The van der Waals surface area contributed by atoms with Crippen LogP contribution >= 0.6 is 0 Å². The van der Waals surface area contributed by atoms with Gasteiger partial charge in [-0.3, -0.25) is 9.59 Å². The fourth-order valence-electron chi connectivity index (χ4n) is 9.58. The van der Waals surface area contributed by atoms with E-state index < -0.39 is 22.8 Å². The molecule has 2 aliphatic carbocycles. The average Bonchev–Trinajstić information content (AvgIpc) is 3.57. The second-order valence-corrected chi connectivity index (χ2v) is 14.8. The molecule has 0 radical (unpaired) electrons. The molecular formula is C47H34N2O4. The molecule has 0 fully saturated rings. The number of hydrogen-bond acceptors (Lipinski definition) is 4. The van der Waals surface area contributed by atoms with Crippen LogP contribution in [0.4, 0.5) is 0 Å². The number of fused-ring (bicyclic) bond motifs is 10. The van der Waals surface area contributed by atoms with E-state index in [2.05, 4.69) is 72.8 Å². The molecule has 0 saturated heterocycles. The van der Waals surface area contributed by atoms with Gasteiger partial charge in [0, 0.05) is 45.6 Å². The molecule has 0 spiro atoms. The summed E-state index contributed by atoms with van der Waals surface area (Å²) in [5.41, 5.74) is 7.84. The second kappa shape index (κ2) is 11.6. The van der Waals surface area contributed by atoms with Crippen molar-refractivity contribution in [3.05, 3.63) is 156 Å². The summed E-state index contributed by atoms with van der Waals surface area (Å²) >= 11 is 0. The Morgan fingerprint density at radius 3 is 1.19 bits per heavy atom. The predicted octanol–water partition coefficient (Wildman–Crippen LogP) is 10.4. The number of nitrogens with zero attached hydrogens (tertiary/aromatic N) is 2. The molecular weight excluding hydrogens is 657 g/mol. The van der Waals surface area contributed by atoms with Crippen LogP contribution in [0.2, 0.25) is 0 Å². The summed E-state index contributed by atoms with van der Waals surface area (Å²) in [7, 11) is 0. The van der Waals surface area contributed by atoms with Crippen LogP contribution in [0.1, 0.15) is 54.4 Å². The van der Waals surface area contributed by atoms with Crippen LogP contribution in [0, 0.1) is 0 Å². The van der Waals surface area contributed by atoms with Crippen molar-refractivity contribution >= 4 is 55.3 Å². The van der Waals surface area contributed by atoms with Gasteiger partial charge in [0.25, 0.3) is 0 Å². The number of benzene rings is 6. The molecule has 6 aromatic carbocycles. The number of para-hydroxylation sites is 2. The fraction of sp³-hybridized carbons (Fsp3) is 0.149. The van der Waals surface area contributed by atoms with Gasteiger partial charge in [0.15, 0.2) is 0 Å². The maximum Gasteiger partial charge on any atom is 0.303 e. The Morgan fingerprint density at radius 2 is 0.792 bits per heavy atom. The number of carboxylic acid groups (broad SMARTS) is 2. The van der Waals surface area contributed by atoms with E-state index in [-0.39, 0.29) is 12.8 Å². The van der Waals surface area contributed by atoms with Crippen molar-refractivity contribution in [1.82, 2.24) is 9.97 Å². The minimum absolute atomic E-state index is 0.0685. The molecule has 0 saturated carbocycles. The van der Waals surface area contributed by atoms with Gasteiger partial charge >= 0.3 is 11.9 Å². The zero-order chi connectivity index (χ0) is 35.9. The second-order valence-electron chi connectivity index (χ2n) is 14.8. The van der Waals surface area contributed by atoms with Crippen LogP contribution in [-0.4, -0.2) is 32.1 Å². The lowest BCUT2D eigenvalue weighted by atomic mass is 9.59. The molecule has 10 rings (SSSR count). The first-order chi connectivity index (χ1) is 25.8. The summed E-state index contributed by atoms with van der Waals surface area (Å²) in [6.07, 6.45) is 0.933. The van der Waals surface area contributed by atoms with Gasteiger partial charge in [-0.05, 0) is 112 Å². The number of rotatable bonds is 8. The summed E-state index contributed by atoms with van der Waals surface area (Å²) in [6, 6.07) is 46.0. The van der Waals surface area contributed by atoms with Gasteiger partial charge < -0.3 is 10.2 Å². The number of carbonyl (C=O) groups is 2. The zero-order valence-electron chi connectivity index (χ0n) is 28.8. The van der Waals surface area contributed by atoms with Crippen molar-refractivity contribution < 1.29 is 19.8 Å². The van der Waals surface area contributed by atoms with Crippen LogP contribution in [0.5, 0.6) is 0 Å². The number of carboxylic acids is 2. The summed E-state index contributed by atoms with van der Waals surface area (Å²) in [4.78, 5) is 36.0. The Hall–Kier alpha value is -6.40. The van der Waals surface area contributed by atoms with Gasteiger partial charge in [-0.2, -0.15) is 0 Å². The van der Waals surface area contributed by atoms with Gasteiger partial charge in [0.05, 0.1) is 22.4 Å². The van der Waals surface area contributed by atoms with E-state index in [1.807, 2.05) is 60.7 Å². The predicted molar refractivity (Wildman–Crippen MR) is 209 cm³/mol. The van der Waals surface area contributed by atoms with Crippen molar-refractivity contribution in [3.8, 4) is 22.5 Å². The molecule has 256 valence electrons. The molecule has 8 aromatic rings. The molecule has 2 aromatic heterocycles. The van der Waals surface area contributed by atoms with Crippen LogP contribution in [0.25, 0.3) is 65.9 Å². The highest BCUT2D eigenvalue weighted by Gasteiger charge is 2.54. The number of aliphatic carboxylic acids is 2. The van der Waals surface area contributed by atoms with Crippen LogP contribution in [0.15, 0.2) is 133 Å². The van der Waals surface area contributed by atoms with Crippen molar-refractivity contribution in [2.75, 3.05) is 0 Å². The Morgan fingerprint density at radius 1 is 0.453 bits per heavy atom. The quantitative estimate of drug-likeness (QED) is 0.165. The van der Waals surface area contributed by atoms with Crippen LogP contribution < -0.4 is 0 Å². The summed E-state index contributed by atoms with van der Waals surface area (Å²) in [5.74, 6) is -1.75. The maximum atomic E-state index is 12.7. The smallest absolute Gasteiger partial charge is 0.303 e. The van der Waals surface area contributed by atoms with E-state index in [0.717, 1.165) is 88.1 Å². The molecule has 53 heavy (non-hydrogen) atoms. The van der Waals surface area contributed by atoms with Crippen LogP contribution in [0.3, 0.4) is 0 Å². The van der Waals surface area contributed by atoms with Gasteiger partial charge in [-0.1, -0.05) is 84.9 Å². The fourth-order valence-corrected chi connectivity index (χ4v) is 9.58. The third-order valence-electron chi connectivity index (χ3n) is 11.9. The molecule has 6 heteroatoms. The maximum absolute atomic E-state index is 12.7. The van der Waals surface area contributed by atoms with Gasteiger partial charge in [-0.15, -0.1) is 0 Å². The molecule has 2 N–H and O–H groups in total. The van der Waals surface area contributed by atoms with E-state index in [1.54, 1.807) is 0 Å². The van der Waals surface area contributed by atoms with Gasteiger partial charge in [0.2, 0.25) is 0 Å². The molecule has 0 bridgehead atoms. The lowest BCUT2D eigenvalue weighted by molar-refractivity contribution is -0.138. The van der Waals surface area contributed by atoms with Crippen molar-refractivity contribution in [2.24, 2.45) is 0 Å². The molecule has 2 atom stereocenters. The van der Waals surface area contributed by atoms with Crippen molar-refractivity contribution in [2.45, 2.75) is 42.9 Å². The summed E-state index contributed by atoms with van der Waals surface area (Å²) < 4.78 is 0. The largest absolute Gasteiger partial charge is 0.481 e. The Labute approximate surface area is 305 Å². The molecule has 0 amide bonds. The third-order valence-corrected chi connectivity index (χ3v) is 11.9.